The molecule has 1 aliphatic heterocycles. The van der Waals surface area contributed by atoms with Gasteiger partial charge in [0.25, 0.3) is 0 Å². The van der Waals surface area contributed by atoms with Gasteiger partial charge in [0.1, 0.15) is 0 Å². The Morgan fingerprint density at radius 1 is 1.35 bits per heavy atom. The number of rotatable bonds is 2. The fourth-order valence-electron chi connectivity index (χ4n) is 2.68. The average Bonchev–Trinajstić information content (AvgIpc) is 2.94. The molecule has 88 valence electrons. The number of para-hydroxylation sites is 1. The van der Waals surface area contributed by atoms with Gasteiger partial charge >= 0.3 is 0 Å². The van der Waals surface area contributed by atoms with Crippen LogP contribution in [0.3, 0.4) is 0 Å². The van der Waals surface area contributed by atoms with Crippen LogP contribution < -0.4 is 5.32 Å². The van der Waals surface area contributed by atoms with Crippen molar-refractivity contribution in [2.24, 2.45) is 5.92 Å². The van der Waals surface area contributed by atoms with E-state index in [-0.39, 0.29) is 11.7 Å². The van der Waals surface area contributed by atoms with Gasteiger partial charge in [-0.25, -0.2) is 0 Å². The molecule has 1 fully saturated rings. The summed E-state index contributed by atoms with van der Waals surface area (Å²) < 4.78 is 0. The maximum atomic E-state index is 12.5. The summed E-state index contributed by atoms with van der Waals surface area (Å²) in [6.45, 7) is 3.76. The van der Waals surface area contributed by atoms with E-state index >= 15 is 0 Å². The molecule has 1 unspecified atom stereocenters. The van der Waals surface area contributed by atoms with E-state index in [1.54, 1.807) is 0 Å². The van der Waals surface area contributed by atoms with Crippen LogP contribution in [0.2, 0.25) is 0 Å². The Labute approximate surface area is 100 Å². The lowest BCUT2D eigenvalue weighted by molar-refractivity contribution is 0.0931. The number of fused-ring (bicyclic) bond motifs is 1. The molecule has 0 spiro atoms. The van der Waals surface area contributed by atoms with Gasteiger partial charge < -0.3 is 10.3 Å². The van der Waals surface area contributed by atoms with Gasteiger partial charge in [-0.2, -0.15) is 0 Å². The highest BCUT2D eigenvalue weighted by molar-refractivity contribution is 6.10. The van der Waals surface area contributed by atoms with E-state index < -0.39 is 0 Å². The Balaban J connectivity index is 2.09. The largest absolute Gasteiger partial charge is 0.358 e. The quantitative estimate of drug-likeness (QED) is 0.774. The third kappa shape index (κ3) is 1.67. The van der Waals surface area contributed by atoms with Crippen LogP contribution in [-0.2, 0) is 0 Å². The van der Waals surface area contributed by atoms with Gasteiger partial charge in [-0.1, -0.05) is 18.2 Å². The molecule has 2 aromatic rings. The number of hydrogen-bond acceptors (Lipinski definition) is 2. The first-order chi connectivity index (χ1) is 8.27. The lowest BCUT2D eigenvalue weighted by Crippen LogP contribution is -2.18. The first kappa shape index (κ1) is 10.5. The summed E-state index contributed by atoms with van der Waals surface area (Å²) in [6, 6.07) is 8.02. The van der Waals surface area contributed by atoms with Crippen molar-refractivity contribution in [3.63, 3.8) is 0 Å². The number of Topliss-reactive ketones (excluding diaryl/α,β-unsaturated/α-hetero) is 1. The van der Waals surface area contributed by atoms with Gasteiger partial charge in [-0.15, -0.1) is 0 Å². The molecule has 3 heteroatoms. The highest BCUT2D eigenvalue weighted by Gasteiger charge is 2.26. The Kier molecular flexibility index (Phi) is 2.48. The van der Waals surface area contributed by atoms with Gasteiger partial charge in [-0.3, -0.25) is 4.79 Å². The Bertz CT molecular complexity index is 565. The van der Waals surface area contributed by atoms with Gasteiger partial charge in [0.2, 0.25) is 0 Å². The summed E-state index contributed by atoms with van der Waals surface area (Å²) in [5.74, 6) is 0.429. The zero-order chi connectivity index (χ0) is 11.8. The number of aryl methyl sites for hydroxylation is 1. The standard InChI is InChI=1S/C14H16N2O/c1-9-13(14(17)10-6-7-15-8-10)11-4-2-3-5-12(11)16-9/h2-5,10,15-16H,6-8H2,1H3. The first-order valence-electron chi connectivity index (χ1n) is 6.09. The number of carbonyl (C=O) groups excluding carboxylic acids is 1. The van der Waals surface area contributed by atoms with E-state index in [1.807, 2.05) is 31.2 Å². The molecule has 3 nitrogen and oxygen atoms in total. The predicted molar refractivity (Wildman–Crippen MR) is 68.3 cm³/mol. The number of ketones is 1. The van der Waals surface area contributed by atoms with E-state index in [2.05, 4.69) is 10.3 Å². The van der Waals surface area contributed by atoms with Gasteiger partial charge in [0.15, 0.2) is 5.78 Å². The molecule has 1 aromatic heterocycles. The van der Waals surface area contributed by atoms with Gasteiger partial charge in [0, 0.05) is 34.6 Å². The Morgan fingerprint density at radius 2 is 2.18 bits per heavy atom. The summed E-state index contributed by atoms with van der Waals surface area (Å²) in [6.07, 6.45) is 0.956. The minimum Gasteiger partial charge on any atom is -0.358 e. The zero-order valence-electron chi connectivity index (χ0n) is 9.92. The topological polar surface area (TPSA) is 44.9 Å². The van der Waals surface area contributed by atoms with Crippen molar-refractivity contribution < 1.29 is 4.79 Å². The van der Waals surface area contributed by atoms with Crippen LogP contribution in [-0.4, -0.2) is 23.9 Å². The molecule has 0 radical (unpaired) electrons. The molecule has 0 amide bonds. The number of hydrogen-bond donors (Lipinski definition) is 2. The number of carbonyl (C=O) groups is 1. The van der Waals surface area contributed by atoms with Crippen LogP contribution in [0.1, 0.15) is 22.5 Å². The first-order valence-corrected chi connectivity index (χ1v) is 6.09. The van der Waals surface area contributed by atoms with Crippen LogP contribution in [0.25, 0.3) is 10.9 Å². The Hall–Kier alpha value is -1.61. The zero-order valence-corrected chi connectivity index (χ0v) is 9.92. The summed E-state index contributed by atoms with van der Waals surface area (Å²) in [5, 5.41) is 4.31. The second-order valence-corrected chi connectivity index (χ2v) is 4.72. The molecule has 2 heterocycles. The molecule has 1 aliphatic rings. The van der Waals surface area contributed by atoms with Crippen molar-refractivity contribution in [2.75, 3.05) is 13.1 Å². The number of aromatic amines is 1. The van der Waals surface area contributed by atoms with Crippen molar-refractivity contribution >= 4 is 16.7 Å². The second kappa shape index (κ2) is 4.00. The number of aromatic nitrogens is 1. The lowest BCUT2D eigenvalue weighted by atomic mass is 9.95. The molecule has 0 aliphatic carbocycles. The number of nitrogens with one attached hydrogen (secondary N) is 2. The Morgan fingerprint density at radius 3 is 2.94 bits per heavy atom. The molecule has 0 bridgehead atoms. The van der Waals surface area contributed by atoms with E-state index in [9.17, 15) is 4.79 Å². The molecular weight excluding hydrogens is 212 g/mol. The fourth-order valence-corrected chi connectivity index (χ4v) is 2.68. The van der Waals surface area contributed by atoms with E-state index in [0.717, 1.165) is 41.7 Å². The summed E-state index contributed by atoms with van der Waals surface area (Å²) in [5.41, 5.74) is 2.93. The van der Waals surface area contributed by atoms with Crippen LogP contribution in [0.4, 0.5) is 0 Å². The summed E-state index contributed by atoms with van der Waals surface area (Å²) >= 11 is 0. The highest BCUT2D eigenvalue weighted by atomic mass is 16.1. The van der Waals surface area contributed by atoms with Gasteiger partial charge in [-0.05, 0) is 26.0 Å². The maximum absolute atomic E-state index is 12.5. The van der Waals surface area contributed by atoms with E-state index in [4.69, 9.17) is 0 Å². The molecule has 17 heavy (non-hydrogen) atoms. The van der Waals surface area contributed by atoms with E-state index in [1.165, 1.54) is 0 Å². The number of H-pyrrole nitrogens is 1. The molecule has 1 saturated heterocycles. The molecule has 1 aromatic carbocycles. The monoisotopic (exact) mass is 228 g/mol. The number of benzene rings is 1. The van der Waals surface area contributed by atoms with Crippen molar-refractivity contribution in [2.45, 2.75) is 13.3 Å². The van der Waals surface area contributed by atoms with E-state index in [0.29, 0.717) is 0 Å². The average molecular weight is 228 g/mol. The third-order valence-electron chi connectivity index (χ3n) is 3.57. The minimum absolute atomic E-state index is 0.146. The molecule has 0 saturated carbocycles. The van der Waals surface area contributed by atoms with Crippen molar-refractivity contribution in [1.29, 1.82) is 0 Å². The van der Waals surface area contributed by atoms with Crippen LogP contribution >= 0.6 is 0 Å². The summed E-state index contributed by atoms with van der Waals surface area (Å²) in [7, 11) is 0. The molecular formula is C14H16N2O. The highest BCUT2D eigenvalue weighted by Crippen LogP contribution is 2.26. The predicted octanol–water partition coefficient (Wildman–Crippen LogP) is 2.27. The molecule has 3 rings (SSSR count). The maximum Gasteiger partial charge on any atom is 0.169 e. The SMILES string of the molecule is Cc1[nH]c2ccccc2c1C(=O)C1CCNC1. The van der Waals surface area contributed by atoms with Crippen molar-refractivity contribution in [3.05, 3.63) is 35.5 Å². The summed E-state index contributed by atoms with van der Waals surface area (Å²) in [4.78, 5) is 15.8. The van der Waals surface area contributed by atoms with Crippen molar-refractivity contribution in [3.8, 4) is 0 Å². The van der Waals surface area contributed by atoms with Crippen LogP contribution in [0.5, 0.6) is 0 Å². The second-order valence-electron chi connectivity index (χ2n) is 4.72. The fraction of sp³-hybridized carbons (Fsp3) is 0.357. The van der Waals surface area contributed by atoms with Crippen molar-refractivity contribution in [1.82, 2.24) is 10.3 Å². The molecule has 1 atom stereocenters. The van der Waals surface area contributed by atoms with Gasteiger partial charge in [0.05, 0.1) is 0 Å². The third-order valence-corrected chi connectivity index (χ3v) is 3.57. The normalized spacial score (nSPS) is 19.9. The smallest absolute Gasteiger partial charge is 0.169 e. The lowest BCUT2D eigenvalue weighted by Gasteiger charge is -2.07. The minimum atomic E-state index is 0.146. The van der Waals surface area contributed by atoms with Crippen LogP contribution in [0.15, 0.2) is 24.3 Å². The van der Waals surface area contributed by atoms with Crippen LogP contribution in [0, 0.1) is 12.8 Å². The molecule has 2 N–H and O–H groups in total.